The van der Waals surface area contributed by atoms with E-state index in [9.17, 15) is 0 Å². The molecule has 72 valence electrons. The Morgan fingerprint density at radius 2 is 2.21 bits per heavy atom. The van der Waals surface area contributed by atoms with Crippen LogP contribution >= 0.6 is 0 Å². The van der Waals surface area contributed by atoms with Crippen molar-refractivity contribution < 1.29 is 0 Å². The van der Waals surface area contributed by atoms with Gasteiger partial charge in [-0.25, -0.2) is 0 Å². The van der Waals surface area contributed by atoms with E-state index in [-0.39, 0.29) is 0 Å². The molecular formula is C12H14N2. The van der Waals surface area contributed by atoms with Crippen LogP contribution in [0.2, 0.25) is 0 Å². The minimum Gasteiger partial charge on any atom is -0.293 e. The minimum absolute atomic E-state index is 0.835. The Morgan fingerprint density at radius 1 is 1.50 bits per heavy atom. The van der Waals surface area contributed by atoms with Gasteiger partial charge >= 0.3 is 0 Å². The fourth-order valence-corrected chi connectivity index (χ4v) is 1.25. The van der Waals surface area contributed by atoms with Crippen LogP contribution in [0.1, 0.15) is 18.9 Å². The van der Waals surface area contributed by atoms with Gasteiger partial charge < -0.3 is 0 Å². The molecule has 1 rings (SSSR count). The summed E-state index contributed by atoms with van der Waals surface area (Å²) in [6.45, 7) is 6.04. The molecular weight excluding hydrogens is 172 g/mol. The highest BCUT2D eigenvalue weighted by Crippen LogP contribution is 2.18. The molecule has 0 aliphatic rings. The number of para-hydroxylation sites is 1. The predicted molar refractivity (Wildman–Crippen MR) is 58.8 cm³/mol. The van der Waals surface area contributed by atoms with Gasteiger partial charge in [-0.15, -0.1) is 0 Å². The summed E-state index contributed by atoms with van der Waals surface area (Å²) in [5.74, 6) is 0. The lowest BCUT2D eigenvalue weighted by Gasteiger charge is -2.07. The Kier molecular flexibility index (Phi) is 3.75. The topological polar surface area (TPSA) is 35.8 Å². The van der Waals surface area contributed by atoms with Gasteiger partial charge in [0.25, 0.3) is 0 Å². The van der Waals surface area contributed by atoms with E-state index in [1.54, 1.807) is 0 Å². The Labute approximate surface area is 84.9 Å². The van der Waals surface area contributed by atoms with Crippen LogP contribution in [0.5, 0.6) is 0 Å². The number of rotatable bonds is 4. The van der Waals surface area contributed by atoms with Crippen molar-refractivity contribution in [3.05, 3.63) is 42.0 Å². The summed E-state index contributed by atoms with van der Waals surface area (Å²) in [7, 11) is 0. The molecule has 0 aliphatic heterocycles. The number of nitrogens with one attached hydrogen (secondary N) is 1. The standard InChI is InChI=1S/C12H14N2/c1-3-10(2)8-11-6-4-5-7-12(11)14-9-13/h4-7,14H,2-3,8H2,1H3. The molecule has 0 fully saturated rings. The van der Waals surface area contributed by atoms with Crippen molar-refractivity contribution in [2.45, 2.75) is 19.8 Å². The van der Waals surface area contributed by atoms with Crippen molar-refractivity contribution in [2.75, 3.05) is 5.32 Å². The first-order chi connectivity index (χ1) is 6.77. The molecule has 0 saturated heterocycles. The average molecular weight is 186 g/mol. The lowest BCUT2D eigenvalue weighted by molar-refractivity contribution is 1.01. The van der Waals surface area contributed by atoms with Gasteiger partial charge in [-0.05, 0) is 24.5 Å². The molecule has 0 amide bonds. The summed E-state index contributed by atoms with van der Waals surface area (Å²) < 4.78 is 0. The van der Waals surface area contributed by atoms with Crippen molar-refractivity contribution in [1.82, 2.24) is 0 Å². The van der Waals surface area contributed by atoms with Gasteiger partial charge in [-0.1, -0.05) is 37.3 Å². The van der Waals surface area contributed by atoms with Crippen LogP contribution in [0.15, 0.2) is 36.4 Å². The van der Waals surface area contributed by atoms with Crippen LogP contribution in [0.3, 0.4) is 0 Å². The fraction of sp³-hybridized carbons (Fsp3) is 0.250. The van der Waals surface area contributed by atoms with E-state index in [2.05, 4.69) is 18.8 Å². The molecule has 0 aromatic heterocycles. The number of nitrogens with zero attached hydrogens (tertiary/aromatic N) is 1. The van der Waals surface area contributed by atoms with E-state index in [0.717, 1.165) is 24.1 Å². The maximum Gasteiger partial charge on any atom is 0.181 e. The molecule has 0 bridgehead atoms. The second kappa shape index (κ2) is 5.08. The molecule has 2 heteroatoms. The first-order valence-corrected chi connectivity index (χ1v) is 4.67. The Morgan fingerprint density at radius 3 is 2.86 bits per heavy atom. The van der Waals surface area contributed by atoms with Gasteiger partial charge in [0, 0.05) is 0 Å². The largest absolute Gasteiger partial charge is 0.293 e. The molecule has 1 N–H and O–H groups in total. The van der Waals surface area contributed by atoms with E-state index in [4.69, 9.17) is 5.26 Å². The van der Waals surface area contributed by atoms with Crippen molar-refractivity contribution in [1.29, 1.82) is 5.26 Å². The Bertz CT molecular complexity index is 361. The van der Waals surface area contributed by atoms with Crippen LogP contribution in [-0.4, -0.2) is 0 Å². The van der Waals surface area contributed by atoms with Gasteiger partial charge in [0.15, 0.2) is 6.19 Å². The zero-order chi connectivity index (χ0) is 10.4. The van der Waals surface area contributed by atoms with E-state index in [0.29, 0.717) is 0 Å². The molecule has 0 aliphatic carbocycles. The van der Waals surface area contributed by atoms with Gasteiger partial charge in [0.05, 0.1) is 5.69 Å². The van der Waals surface area contributed by atoms with Crippen LogP contribution in [-0.2, 0) is 6.42 Å². The number of hydrogen-bond acceptors (Lipinski definition) is 2. The SMILES string of the molecule is C=C(CC)Cc1ccccc1NC#N. The monoisotopic (exact) mass is 186 g/mol. The summed E-state index contributed by atoms with van der Waals surface area (Å²) in [6.07, 6.45) is 3.74. The number of benzene rings is 1. The number of nitriles is 1. The molecule has 14 heavy (non-hydrogen) atoms. The third-order valence-corrected chi connectivity index (χ3v) is 2.15. The van der Waals surface area contributed by atoms with Crippen LogP contribution in [0.4, 0.5) is 5.69 Å². The quantitative estimate of drug-likeness (QED) is 0.445. The zero-order valence-corrected chi connectivity index (χ0v) is 8.38. The zero-order valence-electron chi connectivity index (χ0n) is 8.38. The second-order valence-electron chi connectivity index (χ2n) is 3.17. The number of allylic oxidation sites excluding steroid dienone is 1. The summed E-state index contributed by atoms with van der Waals surface area (Å²) in [6, 6.07) is 7.81. The van der Waals surface area contributed by atoms with Crippen molar-refractivity contribution in [2.24, 2.45) is 0 Å². The Hall–Kier alpha value is -1.75. The van der Waals surface area contributed by atoms with E-state index in [1.807, 2.05) is 30.5 Å². The molecule has 1 aromatic rings. The summed E-state index contributed by atoms with van der Waals surface area (Å²) in [5, 5.41) is 11.2. The molecule has 0 saturated carbocycles. The smallest absolute Gasteiger partial charge is 0.181 e. The maximum absolute atomic E-state index is 8.55. The number of hydrogen-bond donors (Lipinski definition) is 1. The molecule has 0 spiro atoms. The average Bonchev–Trinajstić information content (AvgIpc) is 2.21. The van der Waals surface area contributed by atoms with Crippen molar-refractivity contribution in [3.63, 3.8) is 0 Å². The van der Waals surface area contributed by atoms with Crippen LogP contribution in [0.25, 0.3) is 0 Å². The lowest BCUT2D eigenvalue weighted by Crippen LogP contribution is -1.95. The third kappa shape index (κ3) is 2.63. The third-order valence-electron chi connectivity index (χ3n) is 2.15. The first kappa shape index (κ1) is 10.3. The van der Waals surface area contributed by atoms with Gasteiger partial charge in [-0.3, -0.25) is 5.32 Å². The molecule has 0 unspecified atom stereocenters. The highest BCUT2D eigenvalue weighted by atomic mass is 14.9. The summed E-state index contributed by atoms with van der Waals surface area (Å²) >= 11 is 0. The van der Waals surface area contributed by atoms with E-state index < -0.39 is 0 Å². The molecule has 0 atom stereocenters. The normalized spacial score (nSPS) is 9.14. The predicted octanol–water partition coefficient (Wildman–Crippen LogP) is 3.09. The van der Waals surface area contributed by atoms with Gasteiger partial charge in [0.1, 0.15) is 0 Å². The van der Waals surface area contributed by atoms with Gasteiger partial charge in [-0.2, -0.15) is 5.26 Å². The maximum atomic E-state index is 8.55. The lowest BCUT2D eigenvalue weighted by atomic mass is 10.0. The Balaban J connectivity index is 2.85. The van der Waals surface area contributed by atoms with E-state index >= 15 is 0 Å². The van der Waals surface area contributed by atoms with Gasteiger partial charge in [0.2, 0.25) is 0 Å². The molecule has 0 heterocycles. The summed E-state index contributed by atoms with van der Waals surface area (Å²) in [5.41, 5.74) is 3.18. The first-order valence-electron chi connectivity index (χ1n) is 4.67. The van der Waals surface area contributed by atoms with Crippen molar-refractivity contribution in [3.8, 4) is 6.19 Å². The van der Waals surface area contributed by atoms with Crippen molar-refractivity contribution >= 4 is 5.69 Å². The minimum atomic E-state index is 0.835. The molecule has 0 radical (unpaired) electrons. The molecule has 2 nitrogen and oxygen atoms in total. The van der Waals surface area contributed by atoms with Crippen LogP contribution < -0.4 is 5.32 Å². The highest BCUT2D eigenvalue weighted by molar-refractivity contribution is 5.54. The highest BCUT2D eigenvalue weighted by Gasteiger charge is 2.01. The van der Waals surface area contributed by atoms with E-state index in [1.165, 1.54) is 5.57 Å². The number of anilines is 1. The fourth-order valence-electron chi connectivity index (χ4n) is 1.25. The second-order valence-corrected chi connectivity index (χ2v) is 3.17. The summed E-state index contributed by atoms with van der Waals surface area (Å²) in [4.78, 5) is 0. The van der Waals surface area contributed by atoms with Crippen LogP contribution in [0, 0.1) is 11.5 Å². The molecule has 1 aromatic carbocycles.